The molecule has 0 radical (unpaired) electrons. The quantitative estimate of drug-likeness (QED) is 0.526. The van der Waals surface area contributed by atoms with Gasteiger partial charge in [0, 0.05) is 6.54 Å². The number of aliphatic hydroxyl groups excluding tert-OH is 1. The van der Waals surface area contributed by atoms with Crippen LogP contribution in [0.15, 0.2) is 6.20 Å². The second-order valence-electron chi connectivity index (χ2n) is 3.68. The lowest BCUT2D eigenvalue weighted by molar-refractivity contribution is 0.266. The van der Waals surface area contributed by atoms with Crippen molar-refractivity contribution in [2.75, 3.05) is 23.5 Å². The number of halogens is 1. The minimum absolute atomic E-state index is 0.0815. The molecule has 1 aromatic rings. The molecule has 1 unspecified atom stereocenters. The van der Waals surface area contributed by atoms with E-state index in [2.05, 4.69) is 15.4 Å². The Balaban J connectivity index is 2.31. The summed E-state index contributed by atoms with van der Waals surface area (Å²) in [5.41, 5.74) is 2.38. The molecule has 0 spiro atoms. The van der Waals surface area contributed by atoms with E-state index in [1.165, 1.54) is 6.20 Å². The third-order valence-electron chi connectivity index (χ3n) is 2.71. The van der Waals surface area contributed by atoms with E-state index < -0.39 is 0 Å². The summed E-state index contributed by atoms with van der Waals surface area (Å²) in [5.74, 6) is 6.20. The van der Waals surface area contributed by atoms with Crippen LogP contribution in [-0.2, 0) is 0 Å². The summed E-state index contributed by atoms with van der Waals surface area (Å²) >= 11 is 6.04. The van der Waals surface area contributed by atoms with Gasteiger partial charge in [-0.2, -0.15) is 4.98 Å². The lowest BCUT2D eigenvalue weighted by Gasteiger charge is -2.24. The van der Waals surface area contributed by atoms with Gasteiger partial charge in [0.05, 0.1) is 18.8 Å². The van der Waals surface area contributed by atoms with Crippen molar-refractivity contribution in [3.05, 3.63) is 11.2 Å². The van der Waals surface area contributed by atoms with Gasteiger partial charge in [-0.05, 0) is 12.8 Å². The van der Waals surface area contributed by atoms with Gasteiger partial charge < -0.3 is 10.0 Å². The lowest BCUT2D eigenvalue weighted by Crippen LogP contribution is -2.33. The van der Waals surface area contributed by atoms with Gasteiger partial charge in [-0.15, -0.1) is 0 Å². The van der Waals surface area contributed by atoms with E-state index in [4.69, 9.17) is 17.4 Å². The first-order chi connectivity index (χ1) is 7.76. The number of anilines is 2. The Labute approximate surface area is 98.4 Å². The maximum atomic E-state index is 9.25. The summed E-state index contributed by atoms with van der Waals surface area (Å²) in [5, 5.41) is 9.72. The zero-order valence-electron chi connectivity index (χ0n) is 8.73. The highest BCUT2D eigenvalue weighted by Crippen LogP contribution is 2.29. The van der Waals surface area contributed by atoms with E-state index in [0.717, 1.165) is 19.4 Å². The lowest BCUT2D eigenvalue weighted by atomic mass is 10.2. The molecule has 4 N–H and O–H groups in total. The minimum atomic E-state index is 0.0815. The molecule has 2 heterocycles. The molecule has 7 heteroatoms. The molecule has 0 bridgehead atoms. The van der Waals surface area contributed by atoms with Crippen LogP contribution in [0.4, 0.5) is 11.8 Å². The summed E-state index contributed by atoms with van der Waals surface area (Å²) < 4.78 is 0. The number of aliphatic hydroxyl groups is 1. The molecule has 2 rings (SSSR count). The van der Waals surface area contributed by atoms with Gasteiger partial charge >= 0.3 is 0 Å². The van der Waals surface area contributed by atoms with Gasteiger partial charge in [-0.3, -0.25) is 5.43 Å². The van der Waals surface area contributed by atoms with Crippen LogP contribution in [-0.4, -0.2) is 34.3 Å². The number of rotatable bonds is 3. The van der Waals surface area contributed by atoms with Crippen molar-refractivity contribution in [3.63, 3.8) is 0 Å². The number of hydrazine groups is 1. The third-order valence-corrected chi connectivity index (χ3v) is 2.98. The first kappa shape index (κ1) is 11.4. The van der Waals surface area contributed by atoms with Crippen LogP contribution < -0.4 is 16.2 Å². The zero-order valence-corrected chi connectivity index (χ0v) is 9.48. The molecule has 88 valence electrons. The molecule has 1 atom stereocenters. The highest BCUT2D eigenvalue weighted by Gasteiger charge is 2.26. The highest BCUT2D eigenvalue weighted by atomic mass is 35.5. The second-order valence-corrected chi connectivity index (χ2v) is 4.09. The predicted octanol–water partition coefficient (Wildman–Crippen LogP) is 0.377. The molecular weight excluding hydrogens is 230 g/mol. The van der Waals surface area contributed by atoms with Crippen molar-refractivity contribution in [2.45, 2.75) is 18.9 Å². The average Bonchev–Trinajstić information content (AvgIpc) is 2.77. The maximum Gasteiger partial charge on any atom is 0.239 e. The van der Waals surface area contributed by atoms with Crippen molar-refractivity contribution in [1.29, 1.82) is 0 Å². The molecule has 1 aliphatic rings. The smallest absolute Gasteiger partial charge is 0.239 e. The normalized spacial score (nSPS) is 20.2. The Kier molecular flexibility index (Phi) is 3.42. The van der Waals surface area contributed by atoms with Crippen LogP contribution in [0.25, 0.3) is 0 Å². The van der Waals surface area contributed by atoms with E-state index in [1.54, 1.807) is 0 Å². The Morgan fingerprint density at radius 3 is 3.19 bits per heavy atom. The van der Waals surface area contributed by atoms with Gasteiger partial charge in [0.2, 0.25) is 5.95 Å². The molecular formula is C9H14ClN5O. The number of hydrogen-bond acceptors (Lipinski definition) is 6. The van der Waals surface area contributed by atoms with Crippen molar-refractivity contribution >= 4 is 23.4 Å². The molecule has 0 aromatic carbocycles. The van der Waals surface area contributed by atoms with Crippen LogP contribution in [0.3, 0.4) is 0 Å². The number of nitrogen functional groups attached to an aromatic ring is 1. The van der Waals surface area contributed by atoms with Crippen molar-refractivity contribution < 1.29 is 5.11 Å². The van der Waals surface area contributed by atoms with Crippen LogP contribution in [0, 0.1) is 0 Å². The topological polar surface area (TPSA) is 87.3 Å². The maximum absolute atomic E-state index is 9.25. The van der Waals surface area contributed by atoms with E-state index in [-0.39, 0.29) is 12.6 Å². The number of hydrogen-bond donors (Lipinski definition) is 3. The summed E-state index contributed by atoms with van der Waals surface area (Å²) in [6.45, 7) is 0.942. The molecule has 1 fully saturated rings. The van der Waals surface area contributed by atoms with Crippen LogP contribution >= 0.6 is 11.6 Å². The number of nitrogens with zero attached hydrogens (tertiary/aromatic N) is 3. The Morgan fingerprint density at radius 1 is 1.69 bits per heavy atom. The molecule has 0 amide bonds. The molecule has 1 saturated heterocycles. The van der Waals surface area contributed by atoms with Crippen LogP contribution in [0.2, 0.25) is 5.02 Å². The first-order valence-corrected chi connectivity index (χ1v) is 5.50. The third kappa shape index (κ3) is 2.04. The van der Waals surface area contributed by atoms with Crippen molar-refractivity contribution in [2.24, 2.45) is 5.84 Å². The van der Waals surface area contributed by atoms with Crippen LogP contribution in [0.5, 0.6) is 0 Å². The van der Waals surface area contributed by atoms with Crippen molar-refractivity contribution in [3.8, 4) is 0 Å². The standard InChI is InChI=1S/C9H14ClN5O/c10-7-4-12-9(14-11)13-8(7)15-3-1-2-6(15)5-16/h4,6,16H,1-3,5,11H2,(H,12,13,14). The molecule has 0 saturated carbocycles. The molecule has 16 heavy (non-hydrogen) atoms. The summed E-state index contributed by atoms with van der Waals surface area (Å²) in [7, 11) is 0. The van der Waals surface area contributed by atoms with Crippen molar-refractivity contribution in [1.82, 2.24) is 9.97 Å². The number of aromatic nitrogens is 2. The minimum Gasteiger partial charge on any atom is -0.394 e. The Morgan fingerprint density at radius 2 is 2.50 bits per heavy atom. The average molecular weight is 244 g/mol. The molecule has 0 aliphatic carbocycles. The summed E-state index contributed by atoms with van der Waals surface area (Å²) in [6, 6.07) is 0.0815. The summed E-state index contributed by atoms with van der Waals surface area (Å²) in [6.07, 6.45) is 3.48. The fraction of sp³-hybridized carbons (Fsp3) is 0.556. The van der Waals surface area contributed by atoms with Crippen LogP contribution in [0.1, 0.15) is 12.8 Å². The molecule has 1 aromatic heterocycles. The van der Waals surface area contributed by atoms with Gasteiger partial charge in [-0.1, -0.05) is 11.6 Å². The first-order valence-electron chi connectivity index (χ1n) is 5.13. The zero-order chi connectivity index (χ0) is 11.5. The predicted molar refractivity (Wildman–Crippen MR) is 62.3 cm³/mol. The van der Waals surface area contributed by atoms with E-state index in [9.17, 15) is 5.11 Å². The van der Waals surface area contributed by atoms with Gasteiger partial charge in [-0.25, -0.2) is 10.8 Å². The van der Waals surface area contributed by atoms with E-state index in [1.807, 2.05) is 4.90 Å². The fourth-order valence-electron chi connectivity index (χ4n) is 1.93. The fourth-order valence-corrected chi connectivity index (χ4v) is 2.13. The Hall–Kier alpha value is -1.11. The number of nitrogens with two attached hydrogens (primary N) is 1. The molecule has 1 aliphatic heterocycles. The van der Waals surface area contributed by atoms with Gasteiger partial charge in [0.15, 0.2) is 5.82 Å². The van der Waals surface area contributed by atoms with E-state index in [0.29, 0.717) is 16.8 Å². The molecule has 6 nitrogen and oxygen atoms in total. The van der Waals surface area contributed by atoms with Gasteiger partial charge in [0.25, 0.3) is 0 Å². The Bertz CT molecular complexity index is 375. The summed E-state index contributed by atoms with van der Waals surface area (Å²) in [4.78, 5) is 10.1. The second kappa shape index (κ2) is 4.82. The van der Waals surface area contributed by atoms with Gasteiger partial charge in [0.1, 0.15) is 5.02 Å². The number of nitrogens with one attached hydrogen (secondary N) is 1. The monoisotopic (exact) mass is 243 g/mol. The SMILES string of the molecule is NNc1ncc(Cl)c(N2CCCC2CO)n1. The van der Waals surface area contributed by atoms with E-state index >= 15 is 0 Å². The largest absolute Gasteiger partial charge is 0.394 e. The highest BCUT2D eigenvalue weighted by molar-refractivity contribution is 6.32.